The highest BCUT2D eigenvalue weighted by Crippen LogP contribution is 2.27. The summed E-state index contributed by atoms with van der Waals surface area (Å²) in [6, 6.07) is 8.03. The Labute approximate surface area is 162 Å². The number of nitrogens with one attached hydrogen (secondary N) is 3. The normalized spacial score (nSPS) is 18.6. The lowest BCUT2D eigenvalue weighted by Gasteiger charge is -2.26. The maximum Gasteiger partial charge on any atom is 0.227 e. The number of nitrogens with zero attached hydrogens (tertiary/aromatic N) is 2. The van der Waals surface area contributed by atoms with Gasteiger partial charge in [-0.3, -0.25) is 9.79 Å². The van der Waals surface area contributed by atoms with Gasteiger partial charge in [-0.05, 0) is 56.5 Å². The van der Waals surface area contributed by atoms with E-state index in [0.29, 0.717) is 6.54 Å². The van der Waals surface area contributed by atoms with Crippen molar-refractivity contribution in [2.45, 2.75) is 45.1 Å². The van der Waals surface area contributed by atoms with Crippen molar-refractivity contribution in [3.8, 4) is 0 Å². The van der Waals surface area contributed by atoms with Crippen molar-refractivity contribution in [3.05, 3.63) is 29.8 Å². The number of carbonyl (C=O) groups is 1. The fraction of sp³-hybridized carbons (Fsp3) is 0.619. The lowest BCUT2D eigenvalue weighted by Crippen LogP contribution is -2.42. The van der Waals surface area contributed by atoms with Gasteiger partial charge in [0, 0.05) is 38.3 Å². The molecule has 3 rings (SSSR count). The molecule has 1 heterocycles. The van der Waals surface area contributed by atoms with E-state index in [0.717, 1.165) is 43.1 Å². The lowest BCUT2D eigenvalue weighted by atomic mass is 9.85. The van der Waals surface area contributed by atoms with Crippen LogP contribution in [0.25, 0.3) is 0 Å². The van der Waals surface area contributed by atoms with Crippen LogP contribution in [0.2, 0.25) is 0 Å². The van der Waals surface area contributed by atoms with E-state index in [4.69, 9.17) is 0 Å². The number of piperidine rings is 1. The van der Waals surface area contributed by atoms with Gasteiger partial charge in [0.15, 0.2) is 5.96 Å². The Kier molecular flexibility index (Phi) is 7.51. The van der Waals surface area contributed by atoms with Crippen LogP contribution in [0.15, 0.2) is 29.3 Å². The first-order valence-corrected chi connectivity index (χ1v) is 10.3. The van der Waals surface area contributed by atoms with Gasteiger partial charge < -0.3 is 20.9 Å². The summed E-state index contributed by atoms with van der Waals surface area (Å²) >= 11 is 0. The minimum atomic E-state index is 0.154. The molecule has 0 atom stereocenters. The molecule has 27 heavy (non-hydrogen) atoms. The van der Waals surface area contributed by atoms with Crippen LogP contribution in [-0.2, 0) is 11.3 Å². The van der Waals surface area contributed by atoms with Crippen molar-refractivity contribution in [2.75, 3.05) is 38.5 Å². The molecule has 1 aromatic carbocycles. The quantitative estimate of drug-likeness (QED) is 0.509. The maximum absolute atomic E-state index is 12.1. The molecule has 148 valence electrons. The second-order valence-corrected chi connectivity index (χ2v) is 7.57. The third-order valence-corrected chi connectivity index (χ3v) is 5.52. The van der Waals surface area contributed by atoms with Crippen LogP contribution < -0.4 is 16.0 Å². The van der Waals surface area contributed by atoms with E-state index in [1.807, 2.05) is 18.2 Å². The predicted molar refractivity (Wildman–Crippen MR) is 111 cm³/mol. The third kappa shape index (κ3) is 6.24. The molecular formula is C21H33N5O. The van der Waals surface area contributed by atoms with E-state index in [2.05, 4.69) is 31.9 Å². The fourth-order valence-electron chi connectivity index (χ4n) is 3.60. The molecule has 0 unspecified atom stereocenters. The SMILES string of the molecule is CN=C(NCCN1CCCCC1)NCc1cccc(NC(=O)C2CCC2)c1. The van der Waals surface area contributed by atoms with E-state index in [1.54, 1.807) is 7.05 Å². The third-order valence-electron chi connectivity index (χ3n) is 5.52. The molecule has 3 N–H and O–H groups in total. The Bertz CT molecular complexity index is 635. The molecule has 1 aromatic rings. The first-order valence-electron chi connectivity index (χ1n) is 10.3. The highest BCUT2D eigenvalue weighted by atomic mass is 16.1. The lowest BCUT2D eigenvalue weighted by molar-refractivity contribution is -0.122. The highest BCUT2D eigenvalue weighted by Gasteiger charge is 2.25. The van der Waals surface area contributed by atoms with Crippen molar-refractivity contribution in [3.63, 3.8) is 0 Å². The zero-order valence-electron chi connectivity index (χ0n) is 16.5. The minimum Gasteiger partial charge on any atom is -0.355 e. The second-order valence-electron chi connectivity index (χ2n) is 7.57. The molecule has 0 spiro atoms. The van der Waals surface area contributed by atoms with E-state index >= 15 is 0 Å². The second kappa shape index (κ2) is 10.3. The van der Waals surface area contributed by atoms with Crippen LogP contribution in [0.5, 0.6) is 0 Å². The number of benzene rings is 1. The number of rotatable bonds is 7. The number of hydrogen-bond donors (Lipinski definition) is 3. The van der Waals surface area contributed by atoms with Crippen LogP contribution in [0, 0.1) is 5.92 Å². The minimum absolute atomic E-state index is 0.154. The number of amides is 1. The Morgan fingerprint density at radius 2 is 1.96 bits per heavy atom. The first-order chi connectivity index (χ1) is 13.2. The molecule has 2 fully saturated rings. The topological polar surface area (TPSA) is 68.8 Å². The molecule has 0 radical (unpaired) electrons. The molecule has 1 amide bonds. The molecule has 1 saturated heterocycles. The fourth-order valence-corrected chi connectivity index (χ4v) is 3.60. The molecule has 0 aromatic heterocycles. The van der Waals surface area contributed by atoms with Crippen molar-refractivity contribution in [1.29, 1.82) is 0 Å². The number of carbonyl (C=O) groups excluding carboxylic acids is 1. The van der Waals surface area contributed by atoms with Crippen molar-refractivity contribution >= 4 is 17.6 Å². The van der Waals surface area contributed by atoms with E-state index in [1.165, 1.54) is 38.8 Å². The first kappa shape index (κ1) is 19.7. The summed E-state index contributed by atoms with van der Waals surface area (Å²) < 4.78 is 0. The molecule has 0 bridgehead atoms. The predicted octanol–water partition coefficient (Wildman–Crippen LogP) is 2.58. The van der Waals surface area contributed by atoms with Crippen LogP contribution in [0.1, 0.15) is 44.1 Å². The van der Waals surface area contributed by atoms with Crippen LogP contribution in [0.3, 0.4) is 0 Å². The average molecular weight is 372 g/mol. The van der Waals surface area contributed by atoms with Crippen molar-refractivity contribution in [2.24, 2.45) is 10.9 Å². The zero-order valence-corrected chi connectivity index (χ0v) is 16.5. The van der Waals surface area contributed by atoms with Gasteiger partial charge in [-0.2, -0.15) is 0 Å². The summed E-state index contributed by atoms with van der Waals surface area (Å²) in [5.41, 5.74) is 2.00. The summed E-state index contributed by atoms with van der Waals surface area (Å²) in [5.74, 6) is 1.17. The highest BCUT2D eigenvalue weighted by molar-refractivity contribution is 5.93. The van der Waals surface area contributed by atoms with Crippen molar-refractivity contribution < 1.29 is 4.79 Å². The maximum atomic E-state index is 12.1. The Morgan fingerprint density at radius 3 is 2.67 bits per heavy atom. The standard InChI is InChI=1S/C21H33N5O/c1-22-21(23-11-14-26-12-3-2-4-13-26)24-16-17-7-5-10-19(15-17)25-20(27)18-8-6-9-18/h5,7,10,15,18H,2-4,6,8-9,11-14,16H2,1H3,(H,25,27)(H2,22,23,24). The smallest absolute Gasteiger partial charge is 0.227 e. The number of guanidine groups is 1. The molecule has 1 saturated carbocycles. The van der Waals surface area contributed by atoms with E-state index < -0.39 is 0 Å². The average Bonchev–Trinajstić information content (AvgIpc) is 2.64. The summed E-state index contributed by atoms with van der Waals surface area (Å²) in [5, 5.41) is 9.79. The van der Waals surface area contributed by atoms with E-state index in [-0.39, 0.29) is 11.8 Å². The summed E-state index contributed by atoms with van der Waals surface area (Å²) in [4.78, 5) is 18.9. The van der Waals surface area contributed by atoms with Gasteiger partial charge in [0.25, 0.3) is 0 Å². The van der Waals surface area contributed by atoms with Gasteiger partial charge in [0.2, 0.25) is 5.91 Å². The van der Waals surface area contributed by atoms with Gasteiger partial charge in [0.05, 0.1) is 0 Å². The summed E-state index contributed by atoms with van der Waals surface area (Å²) in [6.07, 6.45) is 7.22. The monoisotopic (exact) mass is 371 g/mol. The van der Waals surface area contributed by atoms with Gasteiger partial charge in [-0.25, -0.2) is 0 Å². The number of aliphatic imine (C=N–C) groups is 1. The number of likely N-dealkylation sites (tertiary alicyclic amines) is 1. The largest absolute Gasteiger partial charge is 0.355 e. The van der Waals surface area contributed by atoms with E-state index in [9.17, 15) is 4.79 Å². The Hall–Kier alpha value is -2.08. The molecule has 2 aliphatic rings. The van der Waals surface area contributed by atoms with Crippen LogP contribution >= 0.6 is 0 Å². The summed E-state index contributed by atoms with van der Waals surface area (Å²) in [7, 11) is 1.80. The van der Waals surface area contributed by atoms with Gasteiger partial charge in [-0.1, -0.05) is 25.0 Å². The molecule has 6 heteroatoms. The zero-order chi connectivity index (χ0) is 18.9. The Balaban J connectivity index is 1.40. The molecule has 1 aliphatic heterocycles. The van der Waals surface area contributed by atoms with Gasteiger partial charge in [-0.15, -0.1) is 0 Å². The molecule has 1 aliphatic carbocycles. The van der Waals surface area contributed by atoms with Crippen LogP contribution in [-0.4, -0.2) is 50.0 Å². The van der Waals surface area contributed by atoms with Crippen molar-refractivity contribution in [1.82, 2.24) is 15.5 Å². The molecule has 6 nitrogen and oxygen atoms in total. The van der Waals surface area contributed by atoms with Gasteiger partial charge >= 0.3 is 0 Å². The Morgan fingerprint density at radius 1 is 1.15 bits per heavy atom. The van der Waals surface area contributed by atoms with Gasteiger partial charge in [0.1, 0.15) is 0 Å². The number of anilines is 1. The summed E-state index contributed by atoms with van der Waals surface area (Å²) in [6.45, 7) is 5.07. The molecular weight excluding hydrogens is 338 g/mol. The number of hydrogen-bond acceptors (Lipinski definition) is 3. The van der Waals surface area contributed by atoms with Crippen LogP contribution in [0.4, 0.5) is 5.69 Å².